The van der Waals surface area contributed by atoms with E-state index in [0.717, 1.165) is 9.13 Å². The van der Waals surface area contributed by atoms with E-state index >= 15 is 0 Å². The van der Waals surface area contributed by atoms with Crippen LogP contribution in [0.3, 0.4) is 0 Å². The van der Waals surface area contributed by atoms with E-state index in [9.17, 15) is 5.11 Å². The van der Waals surface area contributed by atoms with Gasteiger partial charge in [0.1, 0.15) is 5.75 Å². The van der Waals surface area contributed by atoms with E-state index < -0.39 is 0 Å². The van der Waals surface area contributed by atoms with E-state index in [0.29, 0.717) is 24.1 Å². The van der Waals surface area contributed by atoms with Crippen LogP contribution >= 0.6 is 35.0 Å². The monoisotopic (exact) mass is 355 g/mol. The van der Waals surface area contributed by atoms with Gasteiger partial charge in [0.2, 0.25) is 0 Å². The molecule has 4 heteroatoms. The van der Waals surface area contributed by atoms with Crippen LogP contribution < -0.4 is 5.73 Å². The largest absolute Gasteiger partial charge is 0.507 e. The Morgan fingerprint density at radius 1 is 1.31 bits per heavy atom. The van der Waals surface area contributed by atoms with Gasteiger partial charge >= 0.3 is 0 Å². The first-order valence-corrected chi connectivity index (χ1v) is 6.26. The minimum atomic E-state index is 0. The number of phenols is 1. The second kappa shape index (κ2) is 6.67. The summed E-state index contributed by atoms with van der Waals surface area (Å²) in [5, 5.41) is 9.75. The van der Waals surface area contributed by atoms with E-state index in [4.69, 9.17) is 5.73 Å². The van der Waals surface area contributed by atoms with Crippen molar-refractivity contribution in [1.82, 2.24) is 0 Å². The van der Waals surface area contributed by atoms with Gasteiger partial charge in [-0.05, 0) is 46.1 Å². The van der Waals surface area contributed by atoms with Gasteiger partial charge in [-0.2, -0.15) is 0 Å². The summed E-state index contributed by atoms with van der Waals surface area (Å²) in [4.78, 5) is 0. The van der Waals surface area contributed by atoms with Crippen LogP contribution in [0.5, 0.6) is 5.75 Å². The molecule has 0 bridgehead atoms. The molecule has 0 saturated carbocycles. The number of nitrogens with two attached hydrogens (primary N) is 1. The summed E-state index contributed by atoms with van der Waals surface area (Å²) in [6, 6.07) is 4.06. The molecule has 0 fully saturated rings. The molecule has 0 radical (unpaired) electrons. The van der Waals surface area contributed by atoms with E-state index in [1.165, 1.54) is 5.56 Å². The third-order valence-electron chi connectivity index (χ3n) is 2.91. The lowest BCUT2D eigenvalue weighted by atomic mass is 9.89. The molecular weight excluding hydrogens is 336 g/mol. The second-order valence-electron chi connectivity index (χ2n) is 4.25. The number of phenolic OH excluding ortho intramolecular Hbond substituents is 1. The molecule has 1 unspecified atom stereocenters. The van der Waals surface area contributed by atoms with Crippen LogP contribution in [0.15, 0.2) is 12.1 Å². The fourth-order valence-electron chi connectivity index (χ4n) is 1.48. The lowest BCUT2D eigenvalue weighted by Gasteiger charge is -2.18. The number of hydrogen-bond donors (Lipinski definition) is 2. The Hall–Kier alpha value is -0.0000000000000000555. The minimum Gasteiger partial charge on any atom is -0.507 e. The molecule has 0 aliphatic heterocycles. The number of aromatic hydroxyl groups is 1. The Balaban J connectivity index is 0.00000225. The molecule has 0 aromatic heterocycles. The van der Waals surface area contributed by atoms with Gasteiger partial charge < -0.3 is 10.8 Å². The highest BCUT2D eigenvalue weighted by atomic mass is 127. The smallest absolute Gasteiger partial charge is 0.133 e. The maximum atomic E-state index is 9.75. The quantitative estimate of drug-likeness (QED) is 0.813. The highest BCUT2D eigenvalue weighted by molar-refractivity contribution is 14.1. The van der Waals surface area contributed by atoms with Crippen LogP contribution in [0.2, 0.25) is 0 Å². The SMILES string of the molecule is CC(C)C(C)c1cc(I)c(O)c(CN)c1.Cl. The third-order valence-corrected chi connectivity index (χ3v) is 3.73. The van der Waals surface area contributed by atoms with Gasteiger partial charge in [-0.15, -0.1) is 12.4 Å². The van der Waals surface area contributed by atoms with Crippen LogP contribution in [0, 0.1) is 9.49 Å². The second-order valence-corrected chi connectivity index (χ2v) is 5.41. The Morgan fingerprint density at radius 3 is 2.31 bits per heavy atom. The van der Waals surface area contributed by atoms with Gasteiger partial charge in [-0.3, -0.25) is 0 Å². The Morgan fingerprint density at radius 2 is 1.88 bits per heavy atom. The zero-order chi connectivity index (χ0) is 11.6. The van der Waals surface area contributed by atoms with Gasteiger partial charge in [0.25, 0.3) is 0 Å². The molecule has 0 aliphatic rings. The Kier molecular flexibility index (Phi) is 6.67. The van der Waals surface area contributed by atoms with Crippen LogP contribution in [0.1, 0.15) is 37.8 Å². The fourth-order valence-corrected chi connectivity index (χ4v) is 2.19. The molecule has 0 saturated heterocycles. The zero-order valence-corrected chi connectivity index (χ0v) is 12.8. The molecule has 1 aromatic carbocycles. The van der Waals surface area contributed by atoms with Gasteiger partial charge in [-0.25, -0.2) is 0 Å². The summed E-state index contributed by atoms with van der Waals surface area (Å²) in [5.41, 5.74) is 7.70. The van der Waals surface area contributed by atoms with E-state index in [-0.39, 0.29) is 12.4 Å². The molecule has 0 heterocycles. The van der Waals surface area contributed by atoms with Gasteiger partial charge in [0, 0.05) is 12.1 Å². The number of hydrogen-bond acceptors (Lipinski definition) is 2. The predicted octanol–water partition coefficient (Wildman–Crippen LogP) is 3.64. The Bertz CT molecular complexity index is 355. The molecule has 1 aromatic rings. The number of benzene rings is 1. The first-order chi connectivity index (χ1) is 6.97. The first kappa shape index (κ1) is 16.0. The molecule has 0 spiro atoms. The van der Waals surface area contributed by atoms with Crippen molar-refractivity contribution in [2.45, 2.75) is 33.2 Å². The van der Waals surface area contributed by atoms with Crippen LogP contribution in [-0.4, -0.2) is 5.11 Å². The summed E-state index contributed by atoms with van der Waals surface area (Å²) in [6.07, 6.45) is 0. The van der Waals surface area contributed by atoms with Crippen LogP contribution in [0.25, 0.3) is 0 Å². The van der Waals surface area contributed by atoms with Crippen molar-refractivity contribution in [1.29, 1.82) is 0 Å². The van der Waals surface area contributed by atoms with Crippen molar-refractivity contribution in [3.05, 3.63) is 26.8 Å². The van der Waals surface area contributed by atoms with Crippen molar-refractivity contribution < 1.29 is 5.11 Å². The number of rotatable bonds is 3. The number of halogens is 2. The highest BCUT2D eigenvalue weighted by Crippen LogP contribution is 2.31. The van der Waals surface area contributed by atoms with Gasteiger partial charge in [-0.1, -0.05) is 26.8 Å². The minimum absolute atomic E-state index is 0. The van der Waals surface area contributed by atoms with Crippen molar-refractivity contribution >= 4 is 35.0 Å². The van der Waals surface area contributed by atoms with Crippen molar-refractivity contribution in [2.24, 2.45) is 11.7 Å². The standard InChI is InChI=1S/C12H18INO.ClH/c1-7(2)8(3)9-4-10(6-14)12(15)11(13)5-9;/h4-5,7-8,15H,6,14H2,1-3H3;1H. The predicted molar refractivity (Wildman–Crippen MR) is 79.2 cm³/mol. The van der Waals surface area contributed by atoms with E-state index in [1.54, 1.807) is 0 Å². The first-order valence-electron chi connectivity index (χ1n) is 5.18. The van der Waals surface area contributed by atoms with Crippen LogP contribution in [0.4, 0.5) is 0 Å². The molecule has 92 valence electrons. The van der Waals surface area contributed by atoms with E-state index in [1.807, 2.05) is 12.1 Å². The maximum absolute atomic E-state index is 9.75. The molecule has 1 rings (SSSR count). The summed E-state index contributed by atoms with van der Waals surface area (Å²) in [5.74, 6) is 1.41. The molecule has 0 aliphatic carbocycles. The highest BCUT2D eigenvalue weighted by Gasteiger charge is 2.14. The topological polar surface area (TPSA) is 46.2 Å². The lowest BCUT2D eigenvalue weighted by Crippen LogP contribution is -2.05. The molecule has 3 N–H and O–H groups in total. The normalized spacial score (nSPS) is 12.4. The van der Waals surface area contributed by atoms with Crippen molar-refractivity contribution in [3.8, 4) is 5.75 Å². The van der Waals surface area contributed by atoms with Gasteiger partial charge in [0.15, 0.2) is 0 Å². The maximum Gasteiger partial charge on any atom is 0.133 e. The molecule has 1 atom stereocenters. The summed E-state index contributed by atoms with van der Waals surface area (Å²) in [7, 11) is 0. The average Bonchev–Trinajstić information content (AvgIpc) is 2.20. The van der Waals surface area contributed by atoms with Gasteiger partial charge in [0.05, 0.1) is 3.57 Å². The fraction of sp³-hybridized carbons (Fsp3) is 0.500. The molecule has 2 nitrogen and oxygen atoms in total. The lowest BCUT2D eigenvalue weighted by molar-refractivity contribution is 0.462. The van der Waals surface area contributed by atoms with Crippen molar-refractivity contribution in [2.75, 3.05) is 0 Å². The third kappa shape index (κ3) is 3.50. The average molecular weight is 356 g/mol. The summed E-state index contributed by atoms with van der Waals surface area (Å²) >= 11 is 2.15. The zero-order valence-electron chi connectivity index (χ0n) is 9.83. The Labute approximate surface area is 117 Å². The molecular formula is C12H19ClINO. The van der Waals surface area contributed by atoms with Crippen molar-refractivity contribution in [3.63, 3.8) is 0 Å². The van der Waals surface area contributed by atoms with E-state index in [2.05, 4.69) is 43.4 Å². The van der Waals surface area contributed by atoms with Crippen LogP contribution in [-0.2, 0) is 6.54 Å². The molecule has 0 amide bonds. The summed E-state index contributed by atoms with van der Waals surface area (Å²) < 4.78 is 0.887. The molecule has 16 heavy (non-hydrogen) atoms. The summed E-state index contributed by atoms with van der Waals surface area (Å²) in [6.45, 7) is 6.99.